The normalized spacial score (nSPS) is 15.7. The molecule has 3 aromatic rings. The highest BCUT2D eigenvalue weighted by Crippen LogP contribution is 2.34. The van der Waals surface area contributed by atoms with Crippen LogP contribution in [-0.2, 0) is 26.2 Å². The van der Waals surface area contributed by atoms with Crippen LogP contribution in [0.25, 0.3) is 0 Å². The second-order valence-corrected chi connectivity index (χ2v) is 10.5. The largest absolute Gasteiger partial charge is 0.497 e. The molecule has 2 amide bonds. The number of benzene rings is 3. The van der Waals surface area contributed by atoms with Crippen LogP contribution in [0.5, 0.6) is 11.5 Å². The number of amides is 2. The number of anilines is 1. The van der Waals surface area contributed by atoms with Gasteiger partial charge in [-0.05, 0) is 35.4 Å². The number of sulfonamides is 1. The summed E-state index contributed by atoms with van der Waals surface area (Å²) in [5, 5.41) is 2.86. The van der Waals surface area contributed by atoms with Gasteiger partial charge in [-0.15, -0.1) is 0 Å². The number of methoxy groups -OCH3 is 1. The van der Waals surface area contributed by atoms with Gasteiger partial charge in [-0.2, -0.15) is 0 Å². The summed E-state index contributed by atoms with van der Waals surface area (Å²) in [6, 6.07) is 22.5. The number of hydrogen-bond donors (Lipinski definition) is 2. The summed E-state index contributed by atoms with van der Waals surface area (Å²) < 4.78 is 37.8. The third kappa shape index (κ3) is 6.87. The average molecular weight is 524 g/mol. The predicted molar refractivity (Wildman–Crippen MR) is 140 cm³/mol. The van der Waals surface area contributed by atoms with E-state index in [0.717, 1.165) is 11.8 Å². The number of fused-ring (bicyclic) bond motifs is 1. The Hall–Kier alpha value is -3.89. The van der Waals surface area contributed by atoms with E-state index in [-0.39, 0.29) is 24.8 Å². The highest BCUT2D eigenvalue weighted by Gasteiger charge is 2.35. The molecule has 10 heteroatoms. The second-order valence-electron chi connectivity index (χ2n) is 8.70. The summed E-state index contributed by atoms with van der Waals surface area (Å²) in [5.74, 6) is 0.310. The first-order chi connectivity index (χ1) is 17.7. The number of carbonyl (C=O) groups is 2. The van der Waals surface area contributed by atoms with Gasteiger partial charge in [0.05, 0.1) is 31.6 Å². The molecule has 0 saturated heterocycles. The van der Waals surface area contributed by atoms with Crippen molar-refractivity contribution >= 4 is 27.5 Å². The fourth-order valence-corrected chi connectivity index (χ4v) is 4.85. The van der Waals surface area contributed by atoms with Crippen LogP contribution in [0.3, 0.4) is 0 Å². The molecule has 0 radical (unpaired) electrons. The summed E-state index contributed by atoms with van der Waals surface area (Å²) >= 11 is 0. The van der Waals surface area contributed by atoms with Crippen LogP contribution < -0.4 is 24.4 Å². The van der Waals surface area contributed by atoms with E-state index in [1.165, 1.54) is 12.0 Å². The zero-order valence-electron chi connectivity index (χ0n) is 20.6. The molecular weight excluding hydrogens is 494 g/mol. The van der Waals surface area contributed by atoms with Crippen LogP contribution in [0, 0.1) is 0 Å². The van der Waals surface area contributed by atoms with Gasteiger partial charge < -0.3 is 19.7 Å². The van der Waals surface area contributed by atoms with Crippen LogP contribution >= 0.6 is 0 Å². The minimum absolute atomic E-state index is 0.00925. The zero-order valence-corrected chi connectivity index (χ0v) is 21.4. The molecule has 9 nitrogen and oxygen atoms in total. The fourth-order valence-electron chi connectivity index (χ4n) is 4.11. The van der Waals surface area contributed by atoms with Crippen molar-refractivity contribution in [3.8, 4) is 11.5 Å². The fraction of sp³-hybridized carbons (Fsp3) is 0.259. The summed E-state index contributed by atoms with van der Waals surface area (Å²) in [6.45, 7) is 0.317. The molecule has 1 aliphatic heterocycles. The lowest BCUT2D eigenvalue weighted by Crippen LogP contribution is -2.51. The van der Waals surface area contributed by atoms with Crippen molar-refractivity contribution in [3.05, 3.63) is 90.0 Å². The molecule has 0 unspecified atom stereocenters. The maximum absolute atomic E-state index is 13.6. The Kier molecular flexibility index (Phi) is 8.10. The maximum Gasteiger partial charge on any atom is 0.263 e. The van der Waals surface area contributed by atoms with E-state index in [1.54, 1.807) is 48.5 Å². The Balaban J connectivity index is 1.54. The second kappa shape index (κ2) is 11.4. The summed E-state index contributed by atoms with van der Waals surface area (Å²) in [4.78, 5) is 28.0. The minimum atomic E-state index is -3.62. The van der Waals surface area contributed by atoms with Crippen LogP contribution in [0.15, 0.2) is 78.9 Å². The van der Waals surface area contributed by atoms with E-state index >= 15 is 0 Å². The molecular formula is C27H29N3O6S. The van der Waals surface area contributed by atoms with E-state index in [9.17, 15) is 18.0 Å². The zero-order chi connectivity index (χ0) is 26.4. The number of ether oxygens (including phenoxy) is 2. The Bertz CT molecular complexity index is 1350. The van der Waals surface area contributed by atoms with Gasteiger partial charge in [-0.3, -0.25) is 9.59 Å². The average Bonchev–Trinajstić information content (AvgIpc) is 2.90. The van der Waals surface area contributed by atoms with Gasteiger partial charge in [0, 0.05) is 13.0 Å². The quantitative estimate of drug-likeness (QED) is 0.446. The van der Waals surface area contributed by atoms with E-state index in [0.29, 0.717) is 29.3 Å². The van der Waals surface area contributed by atoms with Gasteiger partial charge >= 0.3 is 0 Å². The van der Waals surface area contributed by atoms with Crippen molar-refractivity contribution in [2.24, 2.45) is 0 Å². The van der Waals surface area contributed by atoms with Crippen LogP contribution in [0.1, 0.15) is 23.6 Å². The molecule has 2 atom stereocenters. The molecule has 0 fully saturated rings. The van der Waals surface area contributed by atoms with E-state index < -0.39 is 22.2 Å². The number of nitrogens with zero attached hydrogens (tertiary/aromatic N) is 1. The number of hydrogen-bond acceptors (Lipinski definition) is 6. The maximum atomic E-state index is 13.6. The molecule has 194 valence electrons. The van der Waals surface area contributed by atoms with Crippen LogP contribution in [0.4, 0.5) is 5.69 Å². The van der Waals surface area contributed by atoms with Crippen molar-refractivity contribution in [3.63, 3.8) is 0 Å². The Morgan fingerprint density at radius 1 is 1.03 bits per heavy atom. The number of para-hydroxylation sites is 2. The number of rotatable bonds is 9. The molecule has 0 saturated carbocycles. The van der Waals surface area contributed by atoms with Gasteiger partial charge in [0.2, 0.25) is 15.9 Å². The van der Waals surface area contributed by atoms with Crippen LogP contribution in [-0.4, -0.2) is 46.2 Å². The lowest BCUT2D eigenvalue weighted by Gasteiger charge is -2.35. The van der Waals surface area contributed by atoms with E-state index in [2.05, 4.69) is 10.0 Å². The van der Waals surface area contributed by atoms with Crippen molar-refractivity contribution in [1.82, 2.24) is 10.0 Å². The Morgan fingerprint density at radius 3 is 2.38 bits per heavy atom. The van der Waals surface area contributed by atoms with Gasteiger partial charge in [-0.25, -0.2) is 13.1 Å². The predicted octanol–water partition coefficient (Wildman–Crippen LogP) is 2.79. The Labute approximate surface area is 216 Å². The monoisotopic (exact) mass is 523 g/mol. The lowest BCUT2D eigenvalue weighted by atomic mass is 10.0. The topological polar surface area (TPSA) is 114 Å². The molecule has 1 heterocycles. The SMILES string of the molecule is COc1ccc([C@H](CC(=O)N2C[C@@H](C(=O)NCc3ccccc3)Oc3ccccc32)NS(C)(=O)=O)cc1. The van der Waals surface area contributed by atoms with Crippen molar-refractivity contribution < 1.29 is 27.5 Å². The van der Waals surface area contributed by atoms with Crippen LogP contribution in [0.2, 0.25) is 0 Å². The van der Waals surface area contributed by atoms with Crippen molar-refractivity contribution in [2.45, 2.75) is 25.1 Å². The van der Waals surface area contributed by atoms with Gasteiger partial charge in [0.25, 0.3) is 5.91 Å². The smallest absolute Gasteiger partial charge is 0.263 e. The Morgan fingerprint density at radius 2 is 1.70 bits per heavy atom. The molecule has 37 heavy (non-hydrogen) atoms. The number of carbonyl (C=O) groups excluding carboxylic acids is 2. The van der Waals surface area contributed by atoms with Gasteiger partial charge in [0.15, 0.2) is 6.10 Å². The van der Waals surface area contributed by atoms with Crippen molar-refractivity contribution in [2.75, 3.05) is 24.8 Å². The highest BCUT2D eigenvalue weighted by molar-refractivity contribution is 7.88. The van der Waals surface area contributed by atoms with Crippen molar-refractivity contribution in [1.29, 1.82) is 0 Å². The molecule has 0 aromatic heterocycles. The molecule has 0 spiro atoms. The number of nitrogens with one attached hydrogen (secondary N) is 2. The highest BCUT2D eigenvalue weighted by atomic mass is 32.2. The third-order valence-corrected chi connectivity index (χ3v) is 6.64. The molecule has 3 aromatic carbocycles. The third-order valence-electron chi connectivity index (χ3n) is 5.93. The van der Waals surface area contributed by atoms with E-state index in [1.807, 2.05) is 30.3 Å². The summed E-state index contributed by atoms with van der Waals surface area (Å²) in [6.07, 6.45) is -0.0399. The first-order valence-electron chi connectivity index (χ1n) is 11.7. The molecule has 2 N–H and O–H groups in total. The summed E-state index contributed by atoms with van der Waals surface area (Å²) in [5.41, 5.74) is 2.07. The van der Waals surface area contributed by atoms with Gasteiger partial charge in [0.1, 0.15) is 11.5 Å². The molecule has 4 rings (SSSR count). The summed E-state index contributed by atoms with van der Waals surface area (Å²) in [7, 11) is -2.09. The standard InChI is InChI=1S/C27H29N3O6S/c1-35-21-14-12-20(13-15-21)22(29-37(2,33)34)16-26(31)30-18-25(36-24-11-7-6-10-23(24)30)27(32)28-17-19-8-4-3-5-9-19/h3-15,22,25,29H,16-18H2,1-2H3,(H,28,32)/t22-,25-/m0/s1. The molecule has 1 aliphatic rings. The molecule has 0 bridgehead atoms. The lowest BCUT2D eigenvalue weighted by molar-refractivity contribution is -0.128. The first kappa shape index (κ1) is 26.2. The minimum Gasteiger partial charge on any atom is -0.497 e. The first-order valence-corrected chi connectivity index (χ1v) is 13.6. The van der Waals surface area contributed by atoms with E-state index in [4.69, 9.17) is 9.47 Å². The van der Waals surface area contributed by atoms with Gasteiger partial charge in [-0.1, -0.05) is 54.6 Å². The molecule has 0 aliphatic carbocycles.